The van der Waals surface area contributed by atoms with Crippen molar-refractivity contribution in [1.29, 1.82) is 5.26 Å². The van der Waals surface area contributed by atoms with E-state index >= 15 is 0 Å². The number of anilines is 1. The maximum Gasteiger partial charge on any atom is 0.229 e. The van der Waals surface area contributed by atoms with Crippen molar-refractivity contribution in [2.45, 2.75) is 6.42 Å². The summed E-state index contributed by atoms with van der Waals surface area (Å²) in [5.41, 5.74) is 0.326. The van der Waals surface area contributed by atoms with Gasteiger partial charge in [0.1, 0.15) is 11.6 Å². The lowest BCUT2D eigenvalue weighted by Crippen LogP contribution is -2.28. The molecule has 1 unspecified atom stereocenters. The predicted molar refractivity (Wildman–Crippen MR) is 75.4 cm³/mol. The van der Waals surface area contributed by atoms with Crippen LogP contribution in [-0.2, 0) is 4.79 Å². The van der Waals surface area contributed by atoms with Crippen LogP contribution in [0.1, 0.15) is 12.0 Å². The minimum atomic E-state index is -0.142. The summed E-state index contributed by atoms with van der Waals surface area (Å²) in [5.74, 6) is 3.32. The molecule has 2 aromatic heterocycles. The Morgan fingerprint density at radius 1 is 1.43 bits per heavy atom. The number of nitriles is 1. The molecule has 21 heavy (non-hydrogen) atoms. The third-order valence-electron chi connectivity index (χ3n) is 3.35. The Balaban J connectivity index is 2.10. The Hall–Kier alpha value is -3.12. The summed E-state index contributed by atoms with van der Waals surface area (Å²) in [7, 11) is 0. The van der Waals surface area contributed by atoms with Crippen molar-refractivity contribution >= 4 is 11.7 Å². The molecule has 0 N–H and O–H groups in total. The highest BCUT2D eigenvalue weighted by Gasteiger charge is 2.33. The number of pyridine rings is 1. The van der Waals surface area contributed by atoms with Crippen molar-refractivity contribution in [1.82, 2.24) is 14.8 Å². The van der Waals surface area contributed by atoms with E-state index in [-0.39, 0.29) is 18.2 Å². The first-order valence-electron chi connectivity index (χ1n) is 6.40. The number of carbonyl (C=O) groups is 1. The Kier molecular flexibility index (Phi) is 3.13. The fourth-order valence-electron chi connectivity index (χ4n) is 2.35. The number of aromatic nitrogens is 3. The molecule has 2 aromatic rings. The average molecular weight is 277 g/mol. The van der Waals surface area contributed by atoms with Gasteiger partial charge in [0, 0.05) is 25.1 Å². The number of nitrogens with zero attached hydrogens (tertiary/aromatic N) is 5. The maximum absolute atomic E-state index is 12.2. The van der Waals surface area contributed by atoms with Crippen LogP contribution in [0.3, 0.4) is 0 Å². The first kappa shape index (κ1) is 12.9. The second kappa shape index (κ2) is 5.10. The van der Waals surface area contributed by atoms with Gasteiger partial charge in [-0.15, -0.1) is 12.3 Å². The van der Waals surface area contributed by atoms with Gasteiger partial charge in [0.05, 0.1) is 6.20 Å². The molecular formula is C15H11N5O. The SMILES string of the molecule is C#CC1CC(=O)N(c2c(C#N)cnn2-c2ccccn2)C1. The fraction of sp³-hybridized carbons (Fsp3) is 0.200. The van der Waals surface area contributed by atoms with E-state index in [0.29, 0.717) is 23.7 Å². The van der Waals surface area contributed by atoms with Crippen LogP contribution in [0.4, 0.5) is 5.82 Å². The molecule has 0 saturated carbocycles. The second-order valence-corrected chi connectivity index (χ2v) is 4.67. The quantitative estimate of drug-likeness (QED) is 0.771. The lowest BCUT2D eigenvalue weighted by molar-refractivity contribution is -0.117. The highest BCUT2D eigenvalue weighted by Crippen LogP contribution is 2.29. The summed E-state index contributed by atoms with van der Waals surface area (Å²) >= 11 is 0. The molecule has 6 nitrogen and oxygen atoms in total. The molecule has 1 atom stereocenters. The zero-order valence-corrected chi connectivity index (χ0v) is 11.1. The van der Waals surface area contributed by atoms with Gasteiger partial charge in [0.25, 0.3) is 0 Å². The van der Waals surface area contributed by atoms with Gasteiger partial charge in [-0.05, 0) is 12.1 Å². The number of hydrogen-bond acceptors (Lipinski definition) is 4. The van der Waals surface area contributed by atoms with Gasteiger partial charge in [0.2, 0.25) is 5.91 Å². The first-order chi connectivity index (χ1) is 10.2. The van der Waals surface area contributed by atoms with Gasteiger partial charge >= 0.3 is 0 Å². The van der Waals surface area contributed by atoms with Crippen LogP contribution in [0.25, 0.3) is 5.82 Å². The third-order valence-corrected chi connectivity index (χ3v) is 3.35. The van der Waals surface area contributed by atoms with Crippen LogP contribution in [-0.4, -0.2) is 27.2 Å². The normalized spacial score (nSPS) is 17.5. The van der Waals surface area contributed by atoms with Crippen LogP contribution in [0.5, 0.6) is 0 Å². The zero-order chi connectivity index (χ0) is 14.8. The summed E-state index contributed by atoms with van der Waals surface area (Å²) in [4.78, 5) is 17.9. The Morgan fingerprint density at radius 3 is 2.90 bits per heavy atom. The molecule has 3 rings (SSSR count). The van der Waals surface area contributed by atoms with E-state index in [0.717, 1.165) is 0 Å². The molecule has 0 radical (unpaired) electrons. The van der Waals surface area contributed by atoms with E-state index in [1.165, 1.54) is 15.8 Å². The van der Waals surface area contributed by atoms with Crippen LogP contribution < -0.4 is 4.90 Å². The van der Waals surface area contributed by atoms with Gasteiger partial charge in [-0.3, -0.25) is 9.69 Å². The first-order valence-corrected chi connectivity index (χ1v) is 6.40. The monoisotopic (exact) mass is 277 g/mol. The summed E-state index contributed by atoms with van der Waals surface area (Å²) in [5, 5.41) is 13.4. The maximum atomic E-state index is 12.2. The minimum Gasteiger partial charge on any atom is -0.294 e. The van der Waals surface area contributed by atoms with Crippen molar-refractivity contribution in [2.24, 2.45) is 5.92 Å². The molecule has 1 amide bonds. The summed E-state index contributed by atoms with van der Waals surface area (Å²) in [6, 6.07) is 7.42. The van der Waals surface area contributed by atoms with E-state index < -0.39 is 0 Å². The summed E-state index contributed by atoms with van der Waals surface area (Å²) in [6.45, 7) is 0.391. The highest BCUT2D eigenvalue weighted by molar-refractivity contribution is 5.96. The molecular weight excluding hydrogens is 266 g/mol. The fourth-order valence-corrected chi connectivity index (χ4v) is 2.35. The second-order valence-electron chi connectivity index (χ2n) is 4.67. The molecule has 1 aliphatic rings. The molecule has 3 heterocycles. The van der Waals surface area contributed by atoms with Crippen LogP contribution >= 0.6 is 0 Å². The smallest absolute Gasteiger partial charge is 0.229 e. The third kappa shape index (κ3) is 2.13. The standard InChI is InChI=1S/C15H11N5O/c1-2-11-7-14(21)19(10-11)15-12(8-16)9-18-20(15)13-5-3-4-6-17-13/h1,3-6,9,11H,7,10H2. The molecule has 1 fully saturated rings. The Labute approximate surface area is 121 Å². The molecule has 0 aliphatic carbocycles. The van der Waals surface area contributed by atoms with Crippen LogP contribution in [0, 0.1) is 29.6 Å². The Morgan fingerprint density at radius 2 is 2.29 bits per heavy atom. The molecule has 102 valence electrons. The van der Waals surface area contributed by atoms with Crippen molar-refractivity contribution in [2.75, 3.05) is 11.4 Å². The summed E-state index contributed by atoms with van der Waals surface area (Å²) in [6.07, 6.45) is 8.75. The van der Waals surface area contributed by atoms with Crippen molar-refractivity contribution in [3.05, 3.63) is 36.2 Å². The van der Waals surface area contributed by atoms with Crippen molar-refractivity contribution in [3.8, 4) is 24.2 Å². The van der Waals surface area contributed by atoms with Gasteiger partial charge in [-0.25, -0.2) is 4.98 Å². The van der Waals surface area contributed by atoms with Crippen LogP contribution in [0.2, 0.25) is 0 Å². The minimum absolute atomic E-state index is 0.105. The lowest BCUT2D eigenvalue weighted by Gasteiger charge is -2.17. The average Bonchev–Trinajstić information content (AvgIpc) is 3.10. The van der Waals surface area contributed by atoms with Crippen molar-refractivity contribution in [3.63, 3.8) is 0 Å². The number of carbonyl (C=O) groups excluding carboxylic acids is 1. The van der Waals surface area contributed by atoms with E-state index in [1.54, 1.807) is 18.3 Å². The lowest BCUT2D eigenvalue weighted by atomic mass is 10.1. The molecule has 0 aromatic carbocycles. The van der Waals surface area contributed by atoms with E-state index in [2.05, 4.69) is 22.1 Å². The predicted octanol–water partition coefficient (Wildman–Crippen LogP) is 1.13. The largest absolute Gasteiger partial charge is 0.294 e. The Bertz CT molecular complexity index is 766. The highest BCUT2D eigenvalue weighted by atomic mass is 16.2. The van der Waals surface area contributed by atoms with Gasteiger partial charge in [-0.1, -0.05) is 6.07 Å². The van der Waals surface area contributed by atoms with E-state index in [1.807, 2.05) is 6.07 Å². The van der Waals surface area contributed by atoms with Gasteiger partial charge < -0.3 is 0 Å². The molecule has 0 bridgehead atoms. The van der Waals surface area contributed by atoms with E-state index in [9.17, 15) is 10.1 Å². The number of terminal acetylenes is 1. The van der Waals surface area contributed by atoms with E-state index in [4.69, 9.17) is 6.42 Å². The number of amides is 1. The number of hydrogen-bond donors (Lipinski definition) is 0. The molecule has 1 saturated heterocycles. The summed E-state index contributed by atoms with van der Waals surface area (Å²) < 4.78 is 1.50. The van der Waals surface area contributed by atoms with Crippen molar-refractivity contribution < 1.29 is 4.79 Å². The molecule has 6 heteroatoms. The zero-order valence-electron chi connectivity index (χ0n) is 11.1. The molecule has 0 spiro atoms. The van der Waals surface area contributed by atoms with Gasteiger partial charge in [0.15, 0.2) is 11.6 Å². The van der Waals surface area contributed by atoms with Crippen LogP contribution in [0.15, 0.2) is 30.6 Å². The van der Waals surface area contributed by atoms with Gasteiger partial charge in [-0.2, -0.15) is 15.0 Å². The number of rotatable bonds is 2. The topological polar surface area (TPSA) is 74.8 Å². The molecule has 1 aliphatic heterocycles.